The maximum Gasteiger partial charge on any atom is 0.165 e. The Morgan fingerprint density at radius 1 is 1.14 bits per heavy atom. The van der Waals surface area contributed by atoms with Gasteiger partial charge in [0.25, 0.3) is 0 Å². The van der Waals surface area contributed by atoms with Crippen molar-refractivity contribution in [3.63, 3.8) is 0 Å². The van der Waals surface area contributed by atoms with Crippen LogP contribution >= 0.6 is 11.7 Å². The minimum absolute atomic E-state index is 0. The minimum atomic E-state index is 0. The second-order valence-electron chi connectivity index (χ2n) is 3.92. The van der Waals surface area contributed by atoms with Crippen LogP contribution in [0.5, 0.6) is 0 Å². The average molecular weight is 321 g/mol. The number of aromatic nitrogens is 2. The highest BCUT2D eigenvalue weighted by Crippen LogP contribution is 2.26. The van der Waals surface area contributed by atoms with Crippen molar-refractivity contribution in [3.05, 3.63) is 18.2 Å². The smallest absolute Gasteiger partial charge is 0.165 e. The molecule has 0 radical (unpaired) electrons. The molecule has 14 heavy (non-hydrogen) atoms. The topological polar surface area (TPSA) is 25.8 Å². The van der Waals surface area contributed by atoms with E-state index in [0.29, 0.717) is 0 Å². The molecule has 3 nitrogen and oxygen atoms in total. The molecule has 0 bridgehead atoms. The lowest BCUT2D eigenvalue weighted by atomic mass is 10.2. The average Bonchev–Trinajstić information content (AvgIpc) is 2.48. The van der Waals surface area contributed by atoms with Crippen molar-refractivity contribution >= 4 is 28.4 Å². The molecule has 76 valence electrons. The Kier molecular flexibility index (Phi) is 3.44. The third-order valence-electron chi connectivity index (χ3n) is 1.99. The summed E-state index contributed by atoms with van der Waals surface area (Å²) < 4.78 is 9.29. The predicted molar refractivity (Wildman–Crippen MR) is 57.0 cm³/mol. The summed E-state index contributed by atoms with van der Waals surface area (Å²) in [5.41, 5.74) is 3.24. The summed E-state index contributed by atoms with van der Waals surface area (Å²) in [5, 5.41) is 0. The van der Waals surface area contributed by atoms with Gasteiger partial charge >= 0.3 is 0 Å². The Bertz CT molecular complexity index is 433. The van der Waals surface area contributed by atoms with Crippen molar-refractivity contribution in [2.24, 2.45) is 0 Å². The molecule has 2 aromatic rings. The summed E-state index contributed by atoms with van der Waals surface area (Å²) in [6, 6.07) is 6.13. The molecular weight excluding hydrogens is 309 g/mol. The van der Waals surface area contributed by atoms with Crippen LogP contribution in [-0.4, -0.2) is 29.9 Å². The molecule has 2 rings (SSSR count). The first kappa shape index (κ1) is 11.8. The van der Waals surface area contributed by atoms with Crippen molar-refractivity contribution in [2.75, 3.05) is 21.1 Å². The van der Waals surface area contributed by atoms with E-state index in [1.54, 1.807) is 0 Å². The summed E-state index contributed by atoms with van der Waals surface area (Å²) in [6.07, 6.45) is 0. The zero-order valence-corrected chi connectivity index (χ0v) is 11.3. The van der Waals surface area contributed by atoms with Crippen molar-refractivity contribution in [3.8, 4) is 0 Å². The molecule has 0 amide bonds. The van der Waals surface area contributed by atoms with Gasteiger partial charge in [0.05, 0.1) is 32.9 Å². The Labute approximate surface area is 105 Å². The quantitative estimate of drug-likeness (QED) is 0.492. The molecule has 0 fully saturated rings. The third kappa shape index (κ3) is 2.04. The van der Waals surface area contributed by atoms with E-state index in [1.807, 2.05) is 12.1 Å². The van der Waals surface area contributed by atoms with Gasteiger partial charge in [-0.05, 0) is 6.07 Å². The molecule has 0 aliphatic rings. The Morgan fingerprint density at radius 3 is 2.50 bits per heavy atom. The summed E-state index contributed by atoms with van der Waals surface area (Å²) in [4.78, 5) is 0. The zero-order chi connectivity index (χ0) is 9.47. The standard InChI is InChI=1S/C9H12N3S.HI/c1-12(2,3)8-6-4-5-7-9(8)11-13-10-7;/h4-6H,1-3H3;1H/q+1;/p-1. The van der Waals surface area contributed by atoms with Crippen LogP contribution in [0.3, 0.4) is 0 Å². The van der Waals surface area contributed by atoms with Crippen LogP contribution in [0.25, 0.3) is 11.0 Å². The van der Waals surface area contributed by atoms with Crippen molar-refractivity contribution in [1.82, 2.24) is 13.2 Å². The van der Waals surface area contributed by atoms with Gasteiger partial charge in [-0.15, -0.1) is 0 Å². The maximum atomic E-state index is 4.30. The van der Waals surface area contributed by atoms with E-state index in [4.69, 9.17) is 0 Å². The van der Waals surface area contributed by atoms with Gasteiger partial charge in [0, 0.05) is 6.07 Å². The van der Waals surface area contributed by atoms with Crippen molar-refractivity contribution < 1.29 is 24.0 Å². The predicted octanol–water partition coefficient (Wildman–Crippen LogP) is -1.11. The van der Waals surface area contributed by atoms with Crippen molar-refractivity contribution in [2.45, 2.75) is 0 Å². The summed E-state index contributed by atoms with van der Waals surface area (Å²) in [5.74, 6) is 0. The fourth-order valence-corrected chi connectivity index (χ4v) is 1.88. The van der Waals surface area contributed by atoms with E-state index in [2.05, 4.69) is 36.0 Å². The highest BCUT2D eigenvalue weighted by atomic mass is 127. The minimum Gasteiger partial charge on any atom is -1.00 e. The molecule has 0 saturated heterocycles. The molecule has 0 spiro atoms. The maximum absolute atomic E-state index is 4.30. The van der Waals surface area contributed by atoms with E-state index >= 15 is 0 Å². The first-order chi connectivity index (χ1) is 6.09. The first-order valence-corrected chi connectivity index (χ1v) is 4.85. The second-order valence-corrected chi connectivity index (χ2v) is 4.45. The van der Waals surface area contributed by atoms with E-state index < -0.39 is 0 Å². The van der Waals surface area contributed by atoms with Gasteiger partial charge in [-0.1, -0.05) is 6.07 Å². The number of benzene rings is 1. The van der Waals surface area contributed by atoms with Crippen LogP contribution in [0.15, 0.2) is 18.2 Å². The fourth-order valence-electron chi connectivity index (χ4n) is 1.33. The number of rotatable bonds is 1. The molecule has 0 N–H and O–H groups in total. The van der Waals surface area contributed by atoms with E-state index in [1.165, 1.54) is 17.4 Å². The molecule has 0 atom stereocenters. The molecular formula is C9H12IN3S. The van der Waals surface area contributed by atoms with Gasteiger partial charge in [0.2, 0.25) is 0 Å². The van der Waals surface area contributed by atoms with E-state index in [-0.39, 0.29) is 24.0 Å². The molecule has 0 unspecified atom stereocenters. The lowest BCUT2D eigenvalue weighted by Crippen LogP contribution is -3.00. The molecule has 5 heteroatoms. The highest BCUT2D eigenvalue weighted by Gasteiger charge is 2.17. The third-order valence-corrected chi connectivity index (χ3v) is 2.53. The number of quaternary nitrogens is 1. The van der Waals surface area contributed by atoms with Gasteiger partial charge in [0.15, 0.2) is 11.2 Å². The van der Waals surface area contributed by atoms with Crippen LogP contribution in [0.2, 0.25) is 0 Å². The van der Waals surface area contributed by atoms with E-state index in [9.17, 15) is 0 Å². The number of nitrogens with zero attached hydrogens (tertiary/aromatic N) is 3. The van der Waals surface area contributed by atoms with Crippen LogP contribution in [0, 0.1) is 0 Å². The van der Waals surface area contributed by atoms with Crippen LogP contribution in [-0.2, 0) is 0 Å². The van der Waals surface area contributed by atoms with Crippen molar-refractivity contribution in [1.29, 1.82) is 0 Å². The van der Waals surface area contributed by atoms with Crippen LogP contribution in [0.1, 0.15) is 0 Å². The fraction of sp³-hybridized carbons (Fsp3) is 0.333. The lowest BCUT2D eigenvalue weighted by molar-refractivity contribution is -0.00000303. The number of halogens is 1. The summed E-state index contributed by atoms with van der Waals surface area (Å²) >= 11 is 1.27. The zero-order valence-electron chi connectivity index (χ0n) is 8.36. The Morgan fingerprint density at radius 2 is 1.86 bits per heavy atom. The first-order valence-electron chi connectivity index (χ1n) is 4.12. The van der Waals surface area contributed by atoms with Gasteiger partial charge in [-0.2, -0.15) is 8.75 Å². The Hall–Kier alpha value is -0.270. The highest BCUT2D eigenvalue weighted by molar-refractivity contribution is 7.00. The van der Waals surface area contributed by atoms with Crippen LogP contribution in [0.4, 0.5) is 5.69 Å². The monoisotopic (exact) mass is 321 g/mol. The molecule has 0 aliphatic carbocycles. The number of hydrogen-bond acceptors (Lipinski definition) is 3. The second kappa shape index (κ2) is 4.08. The summed E-state index contributed by atoms with van der Waals surface area (Å²) in [6.45, 7) is 0. The molecule has 1 aromatic heterocycles. The van der Waals surface area contributed by atoms with Crippen LogP contribution < -0.4 is 28.5 Å². The normalized spacial score (nSPS) is 11.4. The largest absolute Gasteiger partial charge is 1.00 e. The molecule has 1 heterocycles. The summed E-state index contributed by atoms with van der Waals surface area (Å²) in [7, 11) is 6.40. The number of fused-ring (bicyclic) bond motifs is 1. The van der Waals surface area contributed by atoms with E-state index in [0.717, 1.165) is 15.5 Å². The Balaban J connectivity index is 0.000000980. The van der Waals surface area contributed by atoms with Gasteiger partial charge in [0.1, 0.15) is 5.52 Å². The van der Waals surface area contributed by atoms with Gasteiger partial charge in [-0.3, -0.25) is 4.48 Å². The molecule has 0 aliphatic heterocycles. The number of hydrogen-bond donors (Lipinski definition) is 0. The molecule has 0 saturated carbocycles. The molecule has 1 aromatic carbocycles. The van der Waals surface area contributed by atoms with Gasteiger partial charge in [-0.25, -0.2) is 0 Å². The SMILES string of the molecule is C[N+](C)(C)c1cccc2nsnc12.[I-]. The van der Waals surface area contributed by atoms with Gasteiger partial charge < -0.3 is 24.0 Å². The lowest BCUT2D eigenvalue weighted by Gasteiger charge is -2.23.